The Hall–Kier alpha value is -2.15. The van der Waals surface area contributed by atoms with Gasteiger partial charge in [0.25, 0.3) is 11.6 Å². The fourth-order valence-electron chi connectivity index (χ4n) is 2.45. The third-order valence-electron chi connectivity index (χ3n) is 3.58. The summed E-state index contributed by atoms with van der Waals surface area (Å²) in [6, 6.07) is 4.10. The smallest absolute Gasteiger partial charge is 0.292 e. The Labute approximate surface area is 116 Å². The maximum absolute atomic E-state index is 12.3. The van der Waals surface area contributed by atoms with Gasteiger partial charge in [-0.25, -0.2) is 0 Å². The first-order chi connectivity index (χ1) is 9.52. The highest BCUT2D eigenvalue weighted by Crippen LogP contribution is 2.25. The molecule has 1 aromatic rings. The highest BCUT2D eigenvalue weighted by atomic mass is 16.6. The average Bonchev–Trinajstić information content (AvgIpc) is 2.87. The van der Waals surface area contributed by atoms with Crippen LogP contribution in [0, 0.1) is 16.0 Å². The fraction of sp³-hybridized carbons (Fsp3) is 0.462. The molecule has 0 aromatic heterocycles. The van der Waals surface area contributed by atoms with Crippen molar-refractivity contribution in [2.45, 2.75) is 12.8 Å². The number of carbonyl (C=O) groups excluding carboxylic acids is 1. The van der Waals surface area contributed by atoms with E-state index in [-0.39, 0.29) is 29.5 Å². The molecule has 2 rings (SSSR count). The van der Waals surface area contributed by atoms with Crippen LogP contribution in [-0.2, 0) is 0 Å². The summed E-state index contributed by atoms with van der Waals surface area (Å²) in [7, 11) is 0. The van der Waals surface area contributed by atoms with E-state index in [0.29, 0.717) is 25.4 Å². The molecule has 0 spiro atoms. The van der Waals surface area contributed by atoms with E-state index in [9.17, 15) is 14.9 Å². The number of hydrogen-bond acceptors (Lipinski definition) is 5. The molecular formula is C13H17N3O4. The lowest BCUT2D eigenvalue weighted by Gasteiger charge is -2.16. The Morgan fingerprint density at radius 2 is 2.30 bits per heavy atom. The number of nitrogen functional groups attached to an aromatic ring is 1. The molecule has 1 aliphatic rings. The zero-order valence-electron chi connectivity index (χ0n) is 11.0. The van der Waals surface area contributed by atoms with Crippen molar-refractivity contribution in [1.29, 1.82) is 0 Å². The minimum absolute atomic E-state index is 0.0473. The number of nitrogens with zero attached hydrogens (tertiary/aromatic N) is 2. The van der Waals surface area contributed by atoms with Gasteiger partial charge in [-0.15, -0.1) is 0 Å². The van der Waals surface area contributed by atoms with Crippen molar-refractivity contribution >= 4 is 17.3 Å². The summed E-state index contributed by atoms with van der Waals surface area (Å²) in [6.45, 7) is 1.30. The lowest BCUT2D eigenvalue weighted by atomic mass is 10.1. The first-order valence-electron chi connectivity index (χ1n) is 6.47. The van der Waals surface area contributed by atoms with Gasteiger partial charge in [-0.05, 0) is 30.9 Å². The summed E-state index contributed by atoms with van der Waals surface area (Å²) in [5.41, 5.74) is 5.58. The zero-order chi connectivity index (χ0) is 14.7. The summed E-state index contributed by atoms with van der Waals surface area (Å²) in [5.74, 6) is 0.0706. The Kier molecular flexibility index (Phi) is 4.19. The standard InChI is InChI=1S/C13H17N3O4/c14-11-2-1-10(7-12(11)16(19)20)13(18)15-5-3-9(8-15)4-6-17/h1-2,7,9,17H,3-6,8,14H2. The van der Waals surface area contributed by atoms with Crippen molar-refractivity contribution in [3.63, 3.8) is 0 Å². The number of amides is 1. The van der Waals surface area contributed by atoms with Crippen LogP contribution in [0.2, 0.25) is 0 Å². The summed E-state index contributed by atoms with van der Waals surface area (Å²) >= 11 is 0. The zero-order valence-corrected chi connectivity index (χ0v) is 11.0. The lowest BCUT2D eigenvalue weighted by molar-refractivity contribution is -0.383. The maximum atomic E-state index is 12.3. The van der Waals surface area contributed by atoms with Gasteiger partial charge in [0.1, 0.15) is 5.69 Å². The van der Waals surface area contributed by atoms with E-state index in [1.165, 1.54) is 18.2 Å². The summed E-state index contributed by atoms with van der Waals surface area (Å²) in [4.78, 5) is 24.2. The van der Waals surface area contributed by atoms with E-state index in [0.717, 1.165) is 6.42 Å². The minimum atomic E-state index is -0.593. The molecule has 1 aliphatic heterocycles. The summed E-state index contributed by atoms with van der Waals surface area (Å²) < 4.78 is 0. The van der Waals surface area contributed by atoms with E-state index in [1.807, 2.05) is 0 Å². The average molecular weight is 279 g/mol. The third-order valence-corrected chi connectivity index (χ3v) is 3.58. The van der Waals surface area contributed by atoms with Crippen LogP contribution in [0.25, 0.3) is 0 Å². The molecule has 1 aromatic carbocycles. The van der Waals surface area contributed by atoms with Gasteiger partial charge in [0.15, 0.2) is 0 Å². The normalized spacial score (nSPS) is 18.2. The van der Waals surface area contributed by atoms with Gasteiger partial charge in [0.05, 0.1) is 4.92 Å². The molecule has 7 nitrogen and oxygen atoms in total. The van der Waals surface area contributed by atoms with Crippen molar-refractivity contribution < 1.29 is 14.8 Å². The quantitative estimate of drug-likeness (QED) is 0.486. The Morgan fingerprint density at radius 3 is 2.95 bits per heavy atom. The number of aliphatic hydroxyl groups excluding tert-OH is 1. The van der Waals surface area contributed by atoms with E-state index in [1.54, 1.807) is 4.90 Å². The van der Waals surface area contributed by atoms with Gasteiger partial charge in [-0.2, -0.15) is 0 Å². The summed E-state index contributed by atoms with van der Waals surface area (Å²) in [6.07, 6.45) is 1.52. The lowest BCUT2D eigenvalue weighted by Crippen LogP contribution is -2.28. The topological polar surface area (TPSA) is 110 Å². The monoisotopic (exact) mass is 279 g/mol. The Bertz CT molecular complexity index is 532. The molecule has 0 bridgehead atoms. The molecule has 1 fully saturated rings. The van der Waals surface area contributed by atoms with Crippen LogP contribution < -0.4 is 5.73 Å². The Balaban J connectivity index is 2.14. The molecule has 0 saturated carbocycles. The van der Waals surface area contributed by atoms with E-state index >= 15 is 0 Å². The number of benzene rings is 1. The molecule has 0 aliphatic carbocycles. The second kappa shape index (κ2) is 5.87. The number of likely N-dealkylation sites (tertiary alicyclic amines) is 1. The van der Waals surface area contributed by atoms with Crippen molar-refractivity contribution in [3.05, 3.63) is 33.9 Å². The number of nitro benzene ring substituents is 1. The van der Waals surface area contributed by atoms with Gasteiger partial charge in [-0.1, -0.05) is 0 Å². The number of carbonyl (C=O) groups is 1. The van der Waals surface area contributed by atoms with Crippen LogP contribution in [0.3, 0.4) is 0 Å². The number of aliphatic hydroxyl groups is 1. The number of nitro groups is 1. The highest BCUT2D eigenvalue weighted by molar-refractivity contribution is 5.95. The third kappa shape index (κ3) is 2.88. The molecule has 1 saturated heterocycles. The number of hydrogen-bond donors (Lipinski definition) is 2. The van der Waals surface area contributed by atoms with Gasteiger partial charge < -0.3 is 15.7 Å². The molecule has 3 N–H and O–H groups in total. The first-order valence-corrected chi connectivity index (χ1v) is 6.47. The molecule has 1 heterocycles. The molecule has 108 valence electrons. The van der Waals surface area contributed by atoms with Crippen molar-refractivity contribution in [1.82, 2.24) is 4.90 Å². The van der Waals surface area contributed by atoms with Crippen LogP contribution >= 0.6 is 0 Å². The Morgan fingerprint density at radius 1 is 1.55 bits per heavy atom. The summed E-state index contributed by atoms with van der Waals surface area (Å²) in [5, 5.41) is 19.7. The van der Waals surface area contributed by atoms with Crippen LogP contribution in [0.15, 0.2) is 18.2 Å². The number of nitrogens with two attached hydrogens (primary N) is 1. The van der Waals surface area contributed by atoms with Crippen LogP contribution in [0.4, 0.5) is 11.4 Å². The molecular weight excluding hydrogens is 262 g/mol. The van der Waals surface area contributed by atoms with Crippen molar-refractivity contribution in [3.8, 4) is 0 Å². The molecule has 0 radical (unpaired) electrons. The molecule has 1 unspecified atom stereocenters. The predicted octanol–water partition coefficient (Wildman–Crippen LogP) is 1.02. The maximum Gasteiger partial charge on any atom is 0.292 e. The first kappa shape index (κ1) is 14.3. The minimum Gasteiger partial charge on any atom is -0.396 e. The second-order valence-corrected chi connectivity index (χ2v) is 4.95. The predicted molar refractivity (Wildman–Crippen MR) is 73.2 cm³/mol. The van der Waals surface area contributed by atoms with Crippen LogP contribution in [0.5, 0.6) is 0 Å². The largest absolute Gasteiger partial charge is 0.396 e. The molecule has 7 heteroatoms. The van der Waals surface area contributed by atoms with Crippen LogP contribution in [-0.4, -0.2) is 40.5 Å². The van der Waals surface area contributed by atoms with E-state index in [2.05, 4.69) is 0 Å². The molecule has 1 amide bonds. The number of rotatable bonds is 4. The van der Waals surface area contributed by atoms with Crippen LogP contribution in [0.1, 0.15) is 23.2 Å². The second-order valence-electron chi connectivity index (χ2n) is 4.95. The SMILES string of the molecule is Nc1ccc(C(=O)N2CCC(CCO)C2)cc1[N+](=O)[O-]. The van der Waals surface area contributed by atoms with Gasteiger partial charge in [0, 0.05) is 31.3 Å². The number of anilines is 1. The van der Waals surface area contributed by atoms with Crippen molar-refractivity contribution in [2.24, 2.45) is 5.92 Å². The van der Waals surface area contributed by atoms with Gasteiger partial charge in [-0.3, -0.25) is 14.9 Å². The fourth-order valence-corrected chi connectivity index (χ4v) is 2.45. The van der Waals surface area contributed by atoms with Crippen molar-refractivity contribution in [2.75, 3.05) is 25.4 Å². The van der Waals surface area contributed by atoms with Gasteiger partial charge in [0.2, 0.25) is 0 Å². The van der Waals surface area contributed by atoms with Gasteiger partial charge >= 0.3 is 0 Å². The highest BCUT2D eigenvalue weighted by Gasteiger charge is 2.27. The molecule has 20 heavy (non-hydrogen) atoms. The molecule has 1 atom stereocenters. The van der Waals surface area contributed by atoms with E-state index in [4.69, 9.17) is 10.8 Å². The van der Waals surface area contributed by atoms with E-state index < -0.39 is 4.92 Å².